The van der Waals surface area contributed by atoms with E-state index in [9.17, 15) is 0 Å². The Hall–Kier alpha value is 0.270. The van der Waals surface area contributed by atoms with Crippen molar-refractivity contribution in [2.45, 2.75) is 44.4 Å². The number of hydrogen-bond donors (Lipinski definition) is 1. The quantitative estimate of drug-likeness (QED) is 0.800. The molecule has 88 valence electrons. The van der Waals surface area contributed by atoms with Crippen LogP contribution in [0.25, 0.3) is 0 Å². The van der Waals surface area contributed by atoms with Gasteiger partial charge in [0.15, 0.2) is 0 Å². The van der Waals surface area contributed by atoms with E-state index in [1.807, 2.05) is 0 Å². The smallest absolute Gasteiger partial charge is 0.0357 e. The number of nitrogens with zero attached hydrogens (tertiary/aromatic N) is 1. The average molecular weight is 228 g/mol. The van der Waals surface area contributed by atoms with E-state index in [1.54, 1.807) is 0 Å². The molecule has 15 heavy (non-hydrogen) atoms. The molecule has 0 amide bonds. The summed E-state index contributed by atoms with van der Waals surface area (Å²) in [6, 6.07) is 0. The molecule has 3 heteroatoms. The Labute approximate surface area is 98.0 Å². The van der Waals surface area contributed by atoms with Crippen molar-refractivity contribution >= 4 is 11.8 Å². The molecule has 2 rings (SSSR count). The monoisotopic (exact) mass is 228 g/mol. The van der Waals surface area contributed by atoms with E-state index < -0.39 is 0 Å². The summed E-state index contributed by atoms with van der Waals surface area (Å²) < 4.78 is 0. The molecular formula is C12H24N2S. The maximum absolute atomic E-state index is 6.06. The van der Waals surface area contributed by atoms with Crippen molar-refractivity contribution in [3.05, 3.63) is 0 Å². The van der Waals surface area contributed by atoms with Crippen LogP contribution in [0, 0.1) is 5.41 Å². The van der Waals surface area contributed by atoms with Gasteiger partial charge in [-0.05, 0) is 25.2 Å². The van der Waals surface area contributed by atoms with E-state index in [-0.39, 0.29) is 5.54 Å². The third kappa shape index (κ3) is 1.94. The average Bonchev–Trinajstić information content (AvgIpc) is 2.97. The predicted octanol–water partition coefficient (Wildman–Crippen LogP) is 1.94. The Balaban J connectivity index is 2.11. The van der Waals surface area contributed by atoms with E-state index >= 15 is 0 Å². The topological polar surface area (TPSA) is 29.3 Å². The molecule has 1 aliphatic heterocycles. The van der Waals surface area contributed by atoms with Crippen molar-refractivity contribution in [3.63, 3.8) is 0 Å². The normalized spacial score (nSPS) is 34.8. The van der Waals surface area contributed by atoms with Gasteiger partial charge < -0.3 is 5.73 Å². The van der Waals surface area contributed by atoms with Gasteiger partial charge in [-0.2, -0.15) is 11.8 Å². The van der Waals surface area contributed by atoms with Gasteiger partial charge >= 0.3 is 0 Å². The standard InChI is InChI=1S/C12H24N2S/c1-10-8-14(6-7-15-10)12(3,9-13)11(2)4-5-11/h10H,4-9,13H2,1-3H3. The first-order valence-electron chi connectivity index (χ1n) is 6.08. The summed E-state index contributed by atoms with van der Waals surface area (Å²) in [5.41, 5.74) is 6.79. The van der Waals surface area contributed by atoms with Crippen LogP contribution in [0.3, 0.4) is 0 Å². The van der Waals surface area contributed by atoms with Crippen molar-refractivity contribution in [2.75, 3.05) is 25.4 Å². The highest BCUT2D eigenvalue weighted by molar-refractivity contribution is 7.99. The first-order valence-corrected chi connectivity index (χ1v) is 7.13. The summed E-state index contributed by atoms with van der Waals surface area (Å²) in [4.78, 5) is 2.65. The zero-order chi connectivity index (χ0) is 11.1. The van der Waals surface area contributed by atoms with Crippen LogP contribution in [0.5, 0.6) is 0 Å². The second kappa shape index (κ2) is 3.94. The number of nitrogens with two attached hydrogens (primary N) is 1. The van der Waals surface area contributed by atoms with Gasteiger partial charge in [-0.3, -0.25) is 4.90 Å². The van der Waals surface area contributed by atoms with Crippen LogP contribution in [0.2, 0.25) is 0 Å². The Kier molecular flexibility index (Phi) is 3.08. The molecule has 0 spiro atoms. The van der Waals surface area contributed by atoms with E-state index in [2.05, 4.69) is 37.4 Å². The molecule has 2 fully saturated rings. The molecule has 0 aromatic rings. The first kappa shape index (κ1) is 11.7. The van der Waals surface area contributed by atoms with Crippen LogP contribution in [-0.2, 0) is 0 Å². The molecule has 1 saturated heterocycles. The van der Waals surface area contributed by atoms with Gasteiger partial charge in [-0.15, -0.1) is 0 Å². The number of rotatable bonds is 3. The van der Waals surface area contributed by atoms with Crippen LogP contribution in [0.15, 0.2) is 0 Å². The van der Waals surface area contributed by atoms with E-state index in [1.165, 1.54) is 31.7 Å². The molecule has 0 bridgehead atoms. The van der Waals surface area contributed by atoms with Gasteiger partial charge in [0, 0.05) is 36.2 Å². The predicted molar refractivity (Wildman–Crippen MR) is 68.3 cm³/mol. The maximum Gasteiger partial charge on any atom is 0.0357 e. The Morgan fingerprint density at radius 1 is 1.53 bits per heavy atom. The third-order valence-corrected chi connectivity index (χ3v) is 5.77. The minimum Gasteiger partial charge on any atom is -0.329 e. The molecule has 1 saturated carbocycles. The summed E-state index contributed by atoms with van der Waals surface area (Å²) in [5.74, 6) is 1.27. The SMILES string of the molecule is CC1CN(C(C)(CN)C2(C)CC2)CCS1. The molecule has 2 aliphatic rings. The van der Waals surface area contributed by atoms with Crippen LogP contribution >= 0.6 is 11.8 Å². The van der Waals surface area contributed by atoms with Crippen LogP contribution in [-0.4, -0.2) is 41.1 Å². The second-order valence-corrected chi connectivity index (χ2v) is 7.21. The molecule has 0 aromatic heterocycles. The lowest BCUT2D eigenvalue weighted by atomic mass is 9.82. The Morgan fingerprint density at radius 2 is 2.20 bits per heavy atom. The minimum atomic E-state index is 0.238. The molecule has 0 radical (unpaired) electrons. The van der Waals surface area contributed by atoms with Gasteiger partial charge in [0.2, 0.25) is 0 Å². The molecule has 1 heterocycles. The molecule has 1 aliphatic carbocycles. The van der Waals surface area contributed by atoms with Crippen molar-refractivity contribution < 1.29 is 0 Å². The Morgan fingerprint density at radius 3 is 2.67 bits per heavy atom. The van der Waals surface area contributed by atoms with Gasteiger partial charge in [-0.25, -0.2) is 0 Å². The molecule has 2 nitrogen and oxygen atoms in total. The Bertz CT molecular complexity index is 240. The highest BCUT2D eigenvalue weighted by Crippen LogP contribution is 2.55. The van der Waals surface area contributed by atoms with E-state index in [0.29, 0.717) is 5.41 Å². The first-order chi connectivity index (χ1) is 7.02. The van der Waals surface area contributed by atoms with Crippen LogP contribution in [0.4, 0.5) is 0 Å². The van der Waals surface area contributed by atoms with Crippen LogP contribution in [0.1, 0.15) is 33.6 Å². The molecule has 2 atom stereocenters. The summed E-state index contributed by atoms with van der Waals surface area (Å²) in [5, 5.41) is 0.770. The molecule has 2 N–H and O–H groups in total. The largest absolute Gasteiger partial charge is 0.329 e. The van der Waals surface area contributed by atoms with Gasteiger partial charge in [-0.1, -0.05) is 13.8 Å². The summed E-state index contributed by atoms with van der Waals surface area (Å²) in [6.45, 7) is 10.4. The zero-order valence-corrected chi connectivity index (χ0v) is 11.1. The van der Waals surface area contributed by atoms with Gasteiger partial charge in [0.05, 0.1) is 0 Å². The summed E-state index contributed by atoms with van der Waals surface area (Å²) >= 11 is 2.10. The summed E-state index contributed by atoms with van der Waals surface area (Å²) in [6.07, 6.45) is 2.72. The minimum absolute atomic E-state index is 0.238. The number of hydrogen-bond acceptors (Lipinski definition) is 3. The fourth-order valence-electron chi connectivity index (χ4n) is 2.75. The zero-order valence-electron chi connectivity index (χ0n) is 10.3. The van der Waals surface area contributed by atoms with E-state index in [4.69, 9.17) is 5.73 Å². The lowest BCUT2D eigenvalue weighted by Gasteiger charge is -2.48. The third-order valence-electron chi connectivity index (χ3n) is 4.64. The lowest BCUT2D eigenvalue weighted by molar-refractivity contribution is 0.0517. The van der Waals surface area contributed by atoms with Gasteiger partial charge in [0.1, 0.15) is 0 Å². The van der Waals surface area contributed by atoms with Crippen molar-refractivity contribution in [3.8, 4) is 0 Å². The highest BCUT2D eigenvalue weighted by atomic mass is 32.2. The van der Waals surface area contributed by atoms with Crippen molar-refractivity contribution in [1.29, 1.82) is 0 Å². The van der Waals surface area contributed by atoms with Gasteiger partial charge in [0.25, 0.3) is 0 Å². The van der Waals surface area contributed by atoms with E-state index in [0.717, 1.165) is 11.8 Å². The fourth-order valence-corrected chi connectivity index (χ4v) is 3.76. The highest BCUT2D eigenvalue weighted by Gasteiger charge is 2.55. The van der Waals surface area contributed by atoms with Crippen LogP contribution < -0.4 is 5.73 Å². The summed E-state index contributed by atoms with van der Waals surface area (Å²) in [7, 11) is 0. The maximum atomic E-state index is 6.06. The lowest BCUT2D eigenvalue weighted by Crippen LogP contribution is -2.60. The van der Waals surface area contributed by atoms with Crippen molar-refractivity contribution in [1.82, 2.24) is 4.90 Å². The second-order valence-electron chi connectivity index (χ2n) is 5.67. The molecular weight excluding hydrogens is 204 g/mol. The van der Waals surface area contributed by atoms with Crippen molar-refractivity contribution in [2.24, 2.45) is 11.1 Å². The fraction of sp³-hybridized carbons (Fsp3) is 1.00. The number of thioether (sulfide) groups is 1. The molecule has 0 aromatic carbocycles. The molecule has 2 unspecified atom stereocenters.